The molecule has 0 heterocycles. The molecule has 5 heteroatoms. The summed E-state index contributed by atoms with van der Waals surface area (Å²) in [7, 11) is -2.63. The Morgan fingerprint density at radius 3 is 0.367 bits per heavy atom. The van der Waals surface area contributed by atoms with E-state index in [0.717, 1.165) is 0 Å². The Hall–Kier alpha value is -5.44. The maximum absolute atomic E-state index is 7.75. The van der Waals surface area contributed by atoms with Crippen LogP contribution in [-0.4, -0.2) is 6.79 Å². The van der Waals surface area contributed by atoms with Crippen molar-refractivity contribution in [1.29, 1.82) is 0 Å². The summed E-state index contributed by atoms with van der Waals surface area (Å²) in [5.41, 5.74) is 0. The average molecular weight is 923 g/mol. The predicted molar refractivity (Wildman–Crippen MR) is 267 cm³/mol. The molecule has 0 atom stereocenters. The van der Waals surface area contributed by atoms with Crippen LogP contribution in [-0.2, 0) is 24.3 Å². The fourth-order valence-corrected chi connectivity index (χ4v) is 14.7. The van der Waals surface area contributed by atoms with E-state index in [-0.39, 0.29) is 20.9 Å². The first-order valence-electron chi connectivity index (χ1n) is 19.7. The third-order valence-corrected chi connectivity index (χ3v) is 17.8. The fourth-order valence-electron chi connectivity index (χ4n) is 6.94. The second-order valence-electron chi connectivity index (χ2n) is 13.4. The van der Waals surface area contributed by atoms with Crippen LogP contribution in [0.3, 0.4) is 0 Å². The molecule has 0 aliphatic heterocycles. The molecule has 0 unspecified atom stereocenters. The van der Waals surface area contributed by atoms with Gasteiger partial charge in [0.15, 0.2) is 0 Å². The van der Waals surface area contributed by atoms with Gasteiger partial charge in [-0.3, -0.25) is 6.79 Å². The van der Waals surface area contributed by atoms with Gasteiger partial charge in [-0.2, -0.15) is 0 Å². The van der Waals surface area contributed by atoms with E-state index in [9.17, 15) is 0 Å². The Balaban J connectivity index is 0.000000194. The van der Waals surface area contributed by atoms with Crippen molar-refractivity contribution in [2.45, 2.75) is 0 Å². The van der Waals surface area contributed by atoms with Gasteiger partial charge in [0.05, 0.1) is 23.8 Å². The van der Waals surface area contributed by atoms with Crippen molar-refractivity contribution in [2.24, 2.45) is 0 Å². The molecule has 0 aromatic heterocycles. The fraction of sp³-hybridized carbons (Fsp3) is 0. The SMILES string of the molecule is [CH-]=O.[H+].[Rh].c1ccc([PH+](c2ccccc2)c2ccccc2)cc1.c1ccc([PH+](c2ccccc2)c2ccccc2)cc1.c1ccc([PH+](c2ccccc2)c2ccccc2)cc1. The van der Waals surface area contributed by atoms with Crippen LogP contribution >= 0.6 is 23.8 Å². The largest absolute Gasteiger partial charge is 1.00 e. The minimum absolute atomic E-state index is 0. The zero-order valence-electron chi connectivity index (χ0n) is 34.3. The number of hydrogen-bond acceptors (Lipinski definition) is 1. The molecule has 60 heavy (non-hydrogen) atoms. The van der Waals surface area contributed by atoms with Gasteiger partial charge in [0.25, 0.3) is 0 Å². The third-order valence-electron chi connectivity index (χ3n) is 9.56. The van der Waals surface area contributed by atoms with Crippen LogP contribution < -0.4 is 47.7 Å². The van der Waals surface area contributed by atoms with Gasteiger partial charge in [0.2, 0.25) is 0 Å². The second-order valence-corrected chi connectivity index (χ2v) is 20.9. The molecule has 0 N–H and O–H groups in total. The zero-order valence-corrected chi connectivity index (χ0v) is 37.9. The summed E-state index contributed by atoms with van der Waals surface area (Å²) in [4.78, 5) is 7.75. The molecule has 9 rings (SSSR count). The van der Waals surface area contributed by atoms with Crippen LogP contribution in [0.4, 0.5) is 0 Å². The molecule has 0 aliphatic carbocycles. The van der Waals surface area contributed by atoms with E-state index in [0.29, 0.717) is 0 Å². The minimum atomic E-state index is -0.877. The van der Waals surface area contributed by atoms with Gasteiger partial charge in [0.1, 0.15) is 47.7 Å². The number of benzene rings is 9. The molecule has 9 aromatic carbocycles. The summed E-state index contributed by atoms with van der Waals surface area (Å²) in [5, 5.41) is 12.9. The Kier molecular flexibility index (Phi) is 19.7. The van der Waals surface area contributed by atoms with Crippen LogP contribution in [0.1, 0.15) is 1.43 Å². The second kappa shape index (κ2) is 25.9. The van der Waals surface area contributed by atoms with Gasteiger partial charge in [-0.05, 0) is 109 Å². The molecule has 1 nitrogen and oxygen atoms in total. The summed E-state index contributed by atoms with van der Waals surface area (Å²) in [6, 6.07) is 97.5. The summed E-state index contributed by atoms with van der Waals surface area (Å²) < 4.78 is 0. The third kappa shape index (κ3) is 13.3. The molecular formula is C55H50OP3Rh+3. The summed E-state index contributed by atoms with van der Waals surface area (Å²) in [5.74, 6) is 0. The van der Waals surface area contributed by atoms with E-state index in [1.165, 1.54) is 47.7 Å². The van der Waals surface area contributed by atoms with Gasteiger partial charge < -0.3 is 4.79 Å². The van der Waals surface area contributed by atoms with Crippen LogP contribution in [0, 0.1) is 0 Å². The molecule has 0 saturated carbocycles. The first-order chi connectivity index (χ1) is 29.3. The molecule has 0 aliphatic rings. The Labute approximate surface area is 374 Å². The molecule has 0 saturated heterocycles. The van der Waals surface area contributed by atoms with Crippen molar-refractivity contribution in [3.63, 3.8) is 0 Å². The Morgan fingerprint density at radius 1 is 0.200 bits per heavy atom. The molecule has 0 spiro atoms. The van der Waals surface area contributed by atoms with E-state index >= 15 is 0 Å². The summed E-state index contributed by atoms with van der Waals surface area (Å²) >= 11 is 0. The number of rotatable bonds is 9. The van der Waals surface area contributed by atoms with E-state index in [1.54, 1.807) is 0 Å². The van der Waals surface area contributed by atoms with Crippen molar-refractivity contribution in [3.8, 4) is 0 Å². The first kappa shape index (κ1) is 45.6. The quantitative estimate of drug-likeness (QED) is 0.0611. The van der Waals surface area contributed by atoms with Gasteiger partial charge >= 0.3 is 1.43 Å². The van der Waals surface area contributed by atoms with E-state index < -0.39 is 23.8 Å². The van der Waals surface area contributed by atoms with Gasteiger partial charge in [-0.15, -0.1) is 0 Å². The van der Waals surface area contributed by atoms with Gasteiger partial charge in [-0.1, -0.05) is 164 Å². The van der Waals surface area contributed by atoms with Crippen LogP contribution in [0.2, 0.25) is 0 Å². The minimum Gasteiger partial charge on any atom is -0.545 e. The van der Waals surface area contributed by atoms with E-state index in [2.05, 4.69) is 280 Å². The smallest absolute Gasteiger partial charge is 0.545 e. The maximum Gasteiger partial charge on any atom is 1.00 e. The topological polar surface area (TPSA) is 17.1 Å². The zero-order chi connectivity index (χ0) is 40.7. The molecule has 0 fully saturated rings. The molecular weight excluding hydrogens is 872 g/mol. The van der Waals surface area contributed by atoms with E-state index in [1.807, 2.05) is 0 Å². The van der Waals surface area contributed by atoms with Gasteiger partial charge in [0, 0.05) is 19.5 Å². The van der Waals surface area contributed by atoms with Crippen molar-refractivity contribution < 1.29 is 25.7 Å². The van der Waals surface area contributed by atoms with Crippen molar-refractivity contribution in [3.05, 3.63) is 273 Å². The Bertz CT molecular complexity index is 1890. The van der Waals surface area contributed by atoms with E-state index in [4.69, 9.17) is 4.79 Å². The predicted octanol–water partition coefficient (Wildman–Crippen LogP) is 9.37. The molecule has 0 bridgehead atoms. The van der Waals surface area contributed by atoms with Crippen LogP contribution in [0.5, 0.6) is 0 Å². The molecule has 297 valence electrons. The number of hydrogen-bond donors (Lipinski definition) is 0. The molecule has 0 amide bonds. The standard InChI is InChI=1S/3C18H15P.CHO.Rh/c3*1-4-10-16(11-5-1)19(17-12-6-2-7-13-17)18-14-8-3-9-15-18;1-2;/h3*1-15H;1H;/q;;;-1;/p+4. The van der Waals surface area contributed by atoms with Crippen molar-refractivity contribution in [2.75, 3.05) is 0 Å². The summed E-state index contributed by atoms with van der Waals surface area (Å²) in [6.45, 7) is 3.25. The Morgan fingerprint density at radius 2 is 0.283 bits per heavy atom. The molecule has 9 aromatic rings. The first-order valence-corrected chi connectivity index (χ1v) is 24.2. The maximum atomic E-state index is 7.75. The normalized spacial score (nSPS) is 10.1. The summed E-state index contributed by atoms with van der Waals surface area (Å²) in [6.07, 6.45) is 0. The number of carbonyl (C=O) groups excluding carboxylic acids is 1. The average Bonchev–Trinajstić information content (AvgIpc) is 3.34. The molecule has 1 radical (unpaired) electrons. The monoisotopic (exact) mass is 922 g/mol. The van der Waals surface area contributed by atoms with Crippen molar-refractivity contribution >= 4 is 78.3 Å². The van der Waals surface area contributed by atoms with Crippen LogP contribution in [0.25, 0.3) is 0 Å². The van der Waals surface area contributed by atoms with Crippen LogP contribution in [0.15, 0.2) is 273 Å². The van der Waals surface area contributed by atoms with Crippen molar-refractivity contribution in [1.82, 2.24) is 0 Å². The van der Waals surface area contributed by atoms with Gasteiger partial charge in [-0.25, -0.2) is 0 Å².